The number of nitrogens with zero attached hydrogens (tertiary/aromatic N) is 2. The Bertz CT molecular complexity index is 924. The third-order valence-corrected chi connectivity index (χ3v) is 5.27. The molecule has 0 bridgehead atoms. The molecule has 0 fully saturated rings. The highest BCUT2D eigenvalue weighted by molar-refractivity contribution is 7.89. The van der Waals surface area contributed by atoms with Crippen LogP contribution < -0.4 is 5.43 Å². The second-order valence-corrected chi connectivity index (χ2v) is 7.59. The van der Waals surface area contributed by atoms with Crippen LogP contribution in [-0.4, -0.2) is 38.4 Å². The molecule has 0 saturated carbocycles. The number of carbonyl (C=O) groups excluding carboxylic acids is 1. The van der Waals surface area contributed by atoms with Crippen molar-refractivity contribution in [3.63, 3.8) is 0 Å². The number of nitrogens with one attached hydrogen (secondary N) is 1. The number of hydrogen-bond acceptors (Lipinski definition) is 4. The van der Waals surface area contributed by atoms with Gasteiger partial charge in [-0.15, -0.1) is 0 Å². The molecule has 2 aromatic rings. The molecular weight excluding hydrogens is 345 g/mol. The molecule has 2 aromatic carbocycles. The molecule has 0 spiro atoms. The van der Waals surface area contributed by atoms with E-state index in [0.29, 0.717) is 5.71 Å². The summed E-state index contributed by atoms with van der Waals surface area (Å²) in [5.41, 5.74) is 3.00. The average Bonchev–Trinajstić information content (AvgIpc) is 2.59. The fourth-order valence-electron chi connectivity index (χ4n) is 2.02. The van der Waals surface area contributed by atoms with E-state index in [1.807, 2.05) is 0 Å². The third kappa shape index (κ3) is 4.28. The second-order valence-electron chi connectivity index (χ2n) is 5.43. The maximum absolute atomic E-state index is 13.7. The van der Waals surface area contributed by atoms with Gasteiger partial charge < -0.3 is 0 Å². The van der Waals surface area contributed by atoms with Gasteiger partial charge in [-0.2, -0.15) is 5.10 Å². The molecule has 0 aromatic heterocycles. The standard InChI is InChI=1S/C17H18FN3O3S/c1-12(15-9-4-5-10-16(15)18)19-20-17(22)13-7-6-8-14(11-13)25(23,24)21(2)3/h4-11H,1-3H3,(H,20,22)/b19-12-. The molecule has 1 N–H and O–H groups in total. The van der Waals surface area contributed by atoms with Crippen molar-refractivity contribution in [3.8, 4) is 0 Å². The van der Waals surface area contributed by atoms with Gasteiger partial charge in [-0.1, -0.05) is 24.3 Å². The summed E-state index contributed by atoms with van der Waals surface area (Å²) in [5, 5.41) is 3.88. The van der Waals surface area contributed by atoms with E-state index in [1.54, 1.807) is 25.1 Å². The highest BCUT2D eigenvalue weighted by Crippen LogP contribution is 2.15. The maximum atomic E-state index is 13.7. The smallest absolute Gasteiger partial charge is 0.267 e. The number of amides is 1. The maximum Gasteiger partial charge on any atom is 0.271 e. The fraction of sp³-hybridized carbons (Fsp3) is 0.176. The Morgan fingerprint density at radius 1 is 1.12 bits per heavy atom. The molecule has 132 valence electrons. The van der Waals surface area contributed by atoms with E-state index in [2.05, 4.69) is 10.5 Å². The summed E-state index contributed by atoms with van der Waals surface area (Å²) in [4.78, 5) is 12.2. The van der Waals surface area contributed by atoms with Crippen LogP contribution in [0.3, 0.4) is 0 Å². The first-order valence-electron chi connectivity index (χ1n) is 7.35. The molecule has 0 saturated heterocycles. The van der Waals surface area contributed by atoms with Gasteiger partial charge in [0.25, 0.3) is 5.91 Å². The SMILES string of the molecule is C/C(=N/NC(=O)c1cccc(S(=O)(=O)N(C)C)c1)c1ccccc1F. The Balaban J connectivity index is 2.22. The van der Waals surface area contributed by atoms with Gasteiger partial charge in [-0.05, 0) is 31.2 Å². The van der Waals surface area contributed by atoms with Crippen LogP contribution in [0, 0.1) is 5.82 Å². The zero-order valence-electron chi connectivity index (χ0n) is 14.0. The van der Waals surface area contributed by atoms with Crippen molar-refractivity contribution in [3.05, 3.63) is 65.5 Å². The molecule has 0 heterocycles. The molecule has 0 atom stereocenters. The molecule has 1 amide bonds. The number of benzene rings is 2. The Kier molecular flexibility index (Phi) is 5.66. The summed E-state index contributed by atoms with van der Waals surface area (Å²) in [6, 6.07) is 11.7. The predicted molar refractivity (Wildman–Crippen MR) is 93.4 cm³/mol. The van der Waals surface area contributed by atoms with Crippen LogP contribution in [0.1, 0.15) is 22.8 Å². The fourth-order valence-corrected chi connectivity index (χ4v) is 2.97. The van der Waals surface area contributed by atoms with E-state index in [4.69, 9.17) is 0 Å². The normalized spacial score (nSPS) is 12.3. The molecule has 0 aliphatic heterocycles. The van der Waals surface area contributed by atoms with E-state index < -0.39 is 21.7 Å². The monoisotopic (exact) mass is 363 g/mol. The highest BCUT2D eigenvalue weighted by atomic mass is 32.2. The van der Waals surface area contributed by atoms with Crippen molar-refractivity contribution in [2.75, 3.05) is 14.1 Å². The van der Waals surface area contributed by atoms with E-state index in [-0.39, 0.29) is 16.0 Å². The van der Waals surface area contributed by atoms with Gasteiger partial charge in [-0.25, -0.2) is 22.5 Å². The van der Waals surface area contributed by atoms with Gasteiger partial charge in [-0.3, -0.25) is 4.79 Å². The number of rotatable bonds is 5. The van der Waals surface area contributed by atoms with Crippen molar-refractivity contribution < 1.29 is 17.6 Å². The van der Waals surface area contributed by atoms with Crippen molar-refractivity contribution in [2.24, 2.45) is 5.10 Å². The lowest BCUT2D eigenvalue weighted by atomic mass is 10.1. The average molecular weight is 363 g/mol. The van der Waals surface area contributed by atoms with Crippen LogP contribution in [0.5, 0.6) is 0 Å². The number of carbonyl (C=O) groups is 1. The minimum Gasteiger partial charge on any atom is -0.267 e. The van der Waals surface area contributed by atoms with E-state index in [0.717, 1.165) is 4.31 Å². The van der Waals surface area contributed by atoms with Crippen LogP contribution in [0.15, 0.2) is 58.5 Å². The van der Waals surface area contributed by atoms with E-state index in [1.165, 1.54) is 44.4 Å². The number of hydrazone groups is 1. The van der Waals surface area contributed by atoms with Crippen LogP contribution in [0.2, 0.25) is 0 Å². The number of halogens is 1. The van der Waals surface area contributed by atoms with Gasteiger partial charge in [0.1, 0.15) is 5.82 Å². The zero-order valence-corrected chi connectivity index (χ0v) is 14.8. The molecule has 2 rings (SSSR count). The summed E-state index contributed by atoms with van der Waals surface area (Å²) in [6.45, 7) is 1.56. The van der Waals surface area contributed by atoms with Gasteiger partial charge in [0.2, 0.25) is 10.0 Å². The van der Waals surface area contributed by atoms with Crippen molar-refractivity contribution in [2.45, 2.75) is 11.8 Å². The first-order valence-corrected chi connectivity index (χ1v) is 8.79. The summed E-state index contributed by atoms with van der Waals surface area (Å²) >= 11 is 0. The lowest BCUT2D eigenvalue weighted by molar-refractivity contribution is 0.0954. The molecule has 8 heteroatoms. The van der Waals surface area contributed by atoms with Gasteiger partial charge in [0.05, 0.1) is 10.6 Å². The second kappa shape index (κ2) is 7.54. The summed E-state index contributed by atoms with van der Waals surface area (Å²) < 4.78 is 39.0. The summed E-state index contributed by atoms with van der Waals surface area (Å²) in [7, 11) is -0.831. The Hall–Kier alpha value is -2.58. The lowest BCUT2D eigenvalue weighted by Crippen LogP contribution is -2.23. The Labute approximate surface area is 146 Å². The molecule has 0 aliphatic carbocycles. The van der Waals surface area contributed by atoms with Gasteiger partial charge >= 0.3 is 0 Å². The van der Waals surface area contributed by atoms with E-state index >= 15 is 0 Å². The van der Waals surface area contributed by atoms with Crippen molar-refractivity contribution >= 4 is 21.6 Å². The zero-order chi connectivity index (χ0) is 18.6. The predicted octanol–water partition coefficient (Wildman–Crippen LogP) is 2.23. The first kappa shape index (κ1) is 18.8. The van der Waals surface area contributed by atoms with Crippen LogP contribution in [-0.2, 0) is 10.0 Å². The van der Waals surface area contributed by atoms with Crippen LogP contribution >= 0.6 is 0 Å². The summed E-state index contributed by atoms with van der Waals surface area (Å²) in [6.07, 6.45) is 0. The third-order valence-electron chi connectivity index (χ3n) is 3.46. The van der Waals surface area contributed by atoms with Crippen molar-refractivity contribution in [1.29, 1.82) is 0 Å². The quantitative estimate of drug-likeness (QED) is 0.654. The lowest BCUT2D eigenvalue weighted by Gasteiger charge is -2.12. The molecule has 6 nitrogen and oxygen atoms in total. The van der Waals surface area contributed by atoms with Crippen LogP contribution in [0.25, 0.3) is 0 Å². The Morgan fingerprint density at radius 2 is 1.80 bits per heavy atom. The minimum atomic E-state index is -3.64. The largest absolute Gasteiger partial charge is 0.271 e. The van der Waals surface area contributed by atoms with E-state index in [9.17, 15) is 17.6 Å². The van der Waals surface area contributed by atoms with Gasteiger partial charge in [0.15, 0.2) is 0 Å². The topological polar surface area (TPSA) is 78.8 Å². The molecule has 25 heavy (non-hydrogen) atoms. The number of sulfonamides is 1. The number of hydrogen-bond donors (Lipinski definition) is 1. The van der Waals surface area contributed by atoms with Crippen LogP contribution in [0.4, 0.5) is 4.39 Å². The first-order chi connectivity index (χ1) is 11.7. The van der Waals surface area contributed by atoms with Gasteiger partial charge in [0, 0.05) is 25.2 Å². The van der Waals surface area contributed by atoms with Crippen molar-refractivity contribution in [1.82, 2.24) is 9.73 Å². The molecular formula is C17H18FN3O3S. The molecule has 0 radical (unpaired) electrons. The molecule has 0 unspecified atom stereocenters. The minimum absolute atomic E-state index is 0.0000413. The molecule has 0 aliphatic rings. The highest BCUT2D eigenvalue weighted by Gasteiger charge is 2.18. The Morgan fingerprint density at radius 3 is 2.44 bits per heavy atom. The summed E-state index contributed by atoms with van der Waals surface area (Å²) in [5.74, 6) is -1.04.